The van der Waals surface area contributed by atoms with E-state index in [0.717, 1.165) is 0 Å². The van der Waals surface area contributed by atoms with Gasteiger partial charge in [0.25, 0.3) is 11.7 Å². The average Bonchev–Trinajstić information content (AvgIpc) is 3.18. The highest BCUT2D eigenvalue weighted by molar-refractivity contribution is 7.20. The Bertz CT molecular complexity index is 990. The molecule has 1 amide bonds. The number of Topliss-reactive ketones (excluding diaryl/α,β-unsaturated/α-hetero) is 1. The van der Waals surface area contributed by atoms with Crippen LogP contribution in [0.3, 0.4) is 0 Å². The van der Waals surface area contributed by atoms with E-state index >= 15 is 0 Å². The third-order valence-electron chi connectivity index (χ3n) is 3.60. The van der Waals surface area contributed by atoms with Crippen LogP contribution in [0.15, 0.2) is 11.4 Å². The van der Waals surface area contributed by atoms with Gasteiger partial charge in [0, 0.05) is 23.7 Å². The Hall–Kier alpha value is -1.74. The number of rotatable bonds is 4. The van der Waals surface area contributed by atoms with E-state index in [-0.39, 0.29) is 0 Å². The molecule has 0 radical (unpaired) electrons. The molecule has 0 aliphatic rings. The Morgan fingerprint density at radius 2 is 2.00 bits per heavy atom. The van der Waals surface area contributed by atoms with E-state index < -0.39 is 11.7 Å². The minimum Gasteiger partial charge on any atom is -0.295 e. The summed E-state index contributed by atoms with van der Waals surface area (Å²) in [5.41, 5.74) is 2.75. The molecule has 0 aromatic carbocycles. The molecule has 0 saturated carbocycles. The summed E-state index contributed by atoms with van der Waals surface area (Å²) in [7, 11) is 1.72. The van der Waals surface area contributed by atoms with Crippen LogP contribution in [0, 0.1) is 13.8 Å². The molecule has 25 heavy (non-hydrogen) atoms. The Morgan fingerprint density at radius 3 is 2.56 bits per heavy atom. The van der Waals surface area contributed by atoms with Crippen LogP contribution in [0.25, 0.3) is 11.3 Å². The van der Waals surface area contributed by atoms with Crippen LogP contribution < -0.4 is 5.32 Å². The smallest absolute Gasteiger partial charge is 0.295 e. The predicted molar refractivity (Wildman–Crippen MR) is 101 cm³/mol. The zero-order chi connectivity index (χ0) is 18.3. The fourth-order valence-corrected chi connectivity index (χ4v) is 4.53. The van der Waals surface area contributed by atoms with Gasteiger partial charge in [-0.2, -0.15) is 5.10 Å². The average molecular weight is 415 g/mol. The highest BCUT2D eigenvalue weighted by Gasteiger charge is 2.24. The summed E-state index contributed by atoms with van der Waals surface area (Å²) in [5.74, 6) is -1.40. The Kier molecular flexibility index (Phi) is 4.97. The van der Waals surface area contributed by atoms with Crippen LogP contribution in [0.5, 0.6) is 0 Å². The molecule has 10 heteroatoms. The van der Waals surface area contributed by atoms with Crippen molar-refractivity contribution < 1.29 is 9.59 Å². The fourth-order valence-electron chi connectivity index (χ4n) is 2.34. The Morgan fingerprint density at radius 1 is 1.28 bits per heavy atom. The summed E-state index contributed by atoms with van der Waals surface area (Å²) >= 11 is 14.5. The second-order valence-corrected chi connectivity index (χ2v) is 8.37. The normalized spacial score (nSPS) is 10.9. The van der Waals surface area contributed by atoms with Gasteiger partial charge >= 0.3 is 0 Å². The van der Waals surface area contributed by atoms with E-state index in [1.807, 2.05) is 0 Å². The highest BCUT2D eigenvalue weighted by Crippen LogP contribution is 2.39. The number of carbonyl (C=O) groups is 2. The molecule has 0 unspecified atom stereocenters. The molecular formula is C15H12Cl2N4O2S2. The number of halogens is 2. The Balaban J connectivity index is 1.80. The Labute approximate surface area is 161 Å². The van der Waals surface area contributed by atoms with Gasteiger partial charge in [0.05, 0.1) is 21.3 Å². The first kappa shape index (κ1) is 18.1. The SMILES string of the molecule is Cc1nn(C)c(C)c1C(=O)C(=O)Nc1nc(-c2cc(Cl)sc2Cl)cs1. The van der Waals surface area contributed by atoms with Crippen molar-refractivity contribution in [2.45, 2.75) is 13.8 Å². The first-order valence-corrected chi connectivity index (χ1v) is 9.49. The second kappa shape index (κ2) is 6.87. The topological polar surface area (TPSA) is 76.9 Å². The minimum atomic E-state index is -0.755. The molecule has 3 rings (SSSR count). The number of hydrogen-bond acceptors (Lipinski definition) is 6. The summed E-state index contributed by atoms with van der Waals surface area (Å²) in [6.45, 7) is 3.43. The summed E-state index contributed by atoms with van der Waals surface area (Å²) < 4.78 is 2.64. The molecule has 3 heterocycles. The summed E-state index contributed by atoms with van der Waals surface area (Å²) in [6.07, 6.45) is 0. The first-order chi connectivity index (χ1) is 11.8. The monoisotopic (exact) mass is 414 g/mol. The van der Waals surface area contributed by atoms with Crippen LogP contribution in [-0.2, 0) is 11.8 Å². The van der Waals surface area contributed by atoms with Crippen LogP contribution in [0.1, 0.15) is 21.7 Å². The standard InChI is InChI=1S/C15H12Cl2N4O2S2/c1-6-11(7(2)21(3)20-6)12(22)14(23)19-15-18-9(5-24-15)8-4-10(16)25-13(8)17/h4-5H,1-3H3,(H,18,19,23). The summed E-state index contributed by atoms with van der Waals surface area (Å²) in [4.78, 5) is 29.0. The van der Waals surface area contributed by atoms with Gasteiger partial charge in [0.2, 0.25) is 0 Å². The van der Waals surface area contributed by atoms with Gasteiger partial charge < -0.3 is 0 Å². The molecule has 6 nitrogen and oxygen atoms in total. The van der Waals surface area contributed by atoms with E-state index in [4.69, 9.17) is 23.2 Å². The van der Waals surface area contributed by atoms with Gasteiger partial charge in [-0.3, -0.25) is 19.6 Å². The molecular weight excluding hydrogens is 403 g/mol. The van der Waals surface area contributed by atoms with Gasteiger partial charge in [-0.05, 0) is 19.9 Å². The molecule has 3 aromatic heterocycles. The fraction of sp³-hybridized carbons (Fsp3) is 0.200. The van der Waals surface area contributed by atoms with Crippen LogP contribution in [0.2, 0.25) is 8.67 Å². The zero-order valence-electron chi connectivity index (χ0n) is 13.4. The molecule has 0 saturated heterocycles. The lowest BCUT2D eigenvalue weighted by atomic mass is 10.1. The maximum absolute atomic E-state index is 12.4. The van der Waals surface area contributed by atoms with Gasteiger partial charge in [-0.1, -0.05) is 23.2 Å². The van der Waals surface area contributed by atoms with Crippen molar-refractivity contribution in [3.8, 4) is 11.3 Å². The van der Waals surface area contributed by atoms with Crippen molar-refractivity contribution in [1.29, 1.82) is 0 Å². The van der Waals surface area contributed by atoms with Crippen LogP contribution in [-0.4, -0.2) is 26.5 Å². The lowest BCUT2D eigenvalue weighted by Gasteiger charge is -2.02. The van der Waals surface area contributed by atoms with E-state index in [1.54, 1.807) is 37.0 Å². The number of nitrogens with zero attached hydrogens (tertiary/aromatic N) is 3. The van der Waals surface area contributed by atoms with Crippen molar-refractivity contribution in [2.75, 3.05) is 5.32 Å². The summed E-state index contributed by atoms with van der Waals surface area (Å²) in [6, 6.07) is 1.71. The van der Waals surface area contributed by atoms with Gasteiger partial charge in [0.15, 0.2) is 5.13 Å². The van der Waals surface area contributed by atoms with Crippen LogP contribution >= 0.6 is 45.9 Å². The number of aryl methyl sites for hydroxylation is 2. The maximum atomic E-state index is 12.4. The molecule has 0 spiro atoms. The van der Waals surface area contributed by atoms with Crippen molar-refractivity contribution in [2.24, 2.45) is 7.05 Å². The molecule has 130 valence electrons. The number of thiazole rings is 1. The van der Waals surface area contributed by atoms with E-state index in [9.17, 15) is 9.59 Å². The van der Waals surface area contributed by atoms with Crippen molar-refractivity contribution in [3.05, 3.63) is 37.1 Å². The number of carbonyl (C=O) groups excluding carboxylic acids is 2. The number of aromatic nitrogens is 3. The maximum Gasteiger partial charge on any atom is 0.298 e. The first-order valence-electron chi connectivity index (χ1n) is 7.04. The molecule has 0 aliphatic heterocycles. The van der Waals surface area contributed by atoms with Gasteiger partial charge in [0.1, 0.15) is 4.34 Å². The third-order valence-corrected chi connectivity index (χ3v) is 5.84. The predicted octanol–water partition coefficient (Wildman–Crippen LogP) is 4.35. The number of thiophene rings is 1. The largest absolute Gasteiger partial charge is 0.298 e. The second-order valence-electron chi connectivity index (χ2n) is 5.23. The molecule has 3 aromatic rings. The number of nitrogens with one attached hydrogen (secondary N) is 1. The molecule has 0 fully saturated rings. The number of amides is 1. The molecule has 0 bridgehead atoms. The van der Waals surface area contributed by atoms with E-state index in [0.29, 0.717) is 42.0 Å². The van der Waals surface area contributed by atoms with Crippen molar-refractivity contribution in [3.63, 3.8) is 0 Å². The molecule has 0 aliphatic carbocycles. The number of hydrogen-bond donors (Lipinski definition) is 1. The van der Waals surface area contributed by atoms with E-state index in [1.165, 1.54) is 22.7 Å². The number of ketones is 1. The number of anilines is 1. The zero-order valence-corrected chi connectivity index (χ0v) is 16.5. The van der Waals surface area contributed by atoms with E-state index in [2.05, 4.69) is 15.4 Å². The highest BCUT2D eigenvalue weighted by atomic mass is 35.5. The summed E-state index contributed by atoms with van der Waals surface area (Å²) in [5, 5.41) is 8.74. The van der Waals surface area contributed by atoms with Crippen molar-refractivity contribution >= 4 is 62.7 Å². The quantitative estimate of drug-likeness (QED) is 0.508. The lowest BCUT2D eigenvalue weighted by Crippen LogP contribution is -2.23. The van der Waals surface area contributed by atoms with Gasteiger partial charge in [-0.15, -0.1) is 22.7 Å². The van der Waals surface area contributed by atoms with Crippen LogP contribution in [0.4, 0.5) is 5.13 Å². The minimum absolute atomic E-state index is 0.310. The van der Waals surface area contributed by atoms with Crippen molar-refractivity contribution in [1.82, 2.24) is 14.8 Å². The lowest BCUT2D eigenvalue weighted by molar-refractivity contribution is -0.112. The molecule has 1 N–H and O–H groups in total. The van der Waals surface area contributed by atoms with Gasteiger partial charge in [-0.25, -0.2) is 4.98 Å². The molecule has 0 atom stereocenters. The third kappa shape index (κ3) is 3.48.